The number of hydrogen-bond donors (Lipinski definition) is 2. The molecule has 0 aromatic rings. The van der Waals surface area contributed by atoms with Crippen molar-refractivity contribution < 1.29 is 31.9 Å². The number of ether oxygens (including phenoxy) is 1. The maximum Gasteiger partial charge on any atom is 0.217 e. The molecule has 7 nitrogen and oxygen atoms in total. The molecule has 190 valence electrons. The summed E-state index contributed by atoms with van der Waals surface area (Å²) in [6.07, 6.45) is 18.4. The predicted molar refractivity (Wildman–Crippen MR) is 126 cm³/mol. The van der Waals surface area contributed by atoms with Gasteiger partial charge >= 0.3 is 0 Å². The molecule has 0 aliphatic carbocycles. The van der Waals surface area contributed by atoms with Gasteiger partial charge in [0.1, 0.15) is 0 Å². The zero-order valence-corrected chi connectivity index (χ0v) is 21.4. The van der Waals surface area contributed by atoms with Crippen LogP contribution >= 0.6 is 0 Å². The number of aliphatic hydroxyl groups is 1. The fourth-order valence-electron chi connectivity index (χ4n) is 3.34. The Morgan fingerprint density at radius 3 is 1.58 bits per heavy atom. The third-order valence-corrected chi connectivity index (χ3v) is 5.76. The molecule has 0 aromatic heterocycles. The molecule has 8 heteroatoms. The van der Waals surface area contributed by atoms with Crippen LogP contribution in [0.25, 0.3) is 0 Å². The number of hydrogen-bond acceptors (Lipinski definition) is 6. The maximum absolute atomic E-state index is 9.22. The van der Waals surface area contributed by atoms with E-state index in [0.29, 0.717) is 6.61 Å². The van der Waals surface area contributed by atoms with Gasteiger partial charge in [-0.1, -0.05) is 64.7 Å². The predicted octanol–water partition coefficient (Wildman–Crippen LogP) is 3.47. The number of quaternary nitrogens is 1. The van der Waals surface area contributed by atoms with Gasteiger partial charge in [-0.3, -0.25) is 4.18 Å². The Bertz CT molecular complexity index is 434. The van der Waals surface area contributed by atoms with Gasteiger partial charge in [-0.15, -0.1) is 0 Å². The molecule has 0 rings (SSSR count). The highest BCUT2D eigenvalue weighted by Gasteiger charge is 2.04. The van der Waals surface area contributed by atoms with Gasteiger partial charge in [-0.2, -0.15) is 0 Å². The molecule has 0 saturated heterocycles. The molecule has 0 bridgehead atoms. The Morgan fingerprint density at radius 2 is 1.16 bits per heavy atom. The van der Waals surface area contributed by atoms with Crippen LogP contribution in [0.15, 0.2) is 0 Å². The summed E-state index contributed by atoms with van der Waals surface area (Å²) in [5.41, 5.74) is 0. The number of rotatable bonds is 22. The van der Waals surface area contributed by atoms with Gasteiger partial charge in [0.25, 0.3) is 0 Å². The van der Waals surface area contributed by atoms with E-state index in [-0.39, 0.29) is 0 Å². The molecular formula is C23H51NO6S. The van der Waals surface area contributed by atoms with Gasteiger partial charge in [0, 0.05) is 19.8 Å². The van der Waals surface area contributed by atoms with Crippen molar-refractivity contribution in [2.24, 2.45) is 0 Å². The smallest absolute Gasteiger partial charge is 0.217 e. The summed E-state index contributed by atoms with van der Waals surface area (Å²) in [5, 5.41) is 8.84. The summed E-state index contributed by atoms with van der Waals surface area (Å²) in [4.78, 5) is 1.67. The molecule has 31 heavy (non-hydrogen) atoms. The second-order valence-corrected chi connectivity index (χ2v) is 9.26. The van der Waals surface area contributed by atoms with Crippen LogP contribution in [0.2, 0.25) is 0 Å². The fraction of sp³-hybridized carbons (Fsp3) is 1.00. The Hall–Kier alpha value is -0.250. The third kappa shape index (κ3) is 32.0. The molecule has 0 heterocycles. The van der Waals surface area contributed by atoms with Crippen LogP contribution in [-0.4, -0.2) is 64.6 Å². The molecule has 1 atom stereocenters. The van der Waals surface area contributed by atoms with Crippen molar-refractivity contribution in [2.45, 2.75) is 104 Å². The molecule has 2 N–H and O–H groups in total. The first kappa shape index (κ1) is 32.9. The van der Waals surface area contributed by atoms with Crippen LogP contribution in [-0.2, 0) is 19.3 Å². The average Bonchev–Trinajstić information content (AvgIpc) is 2.75. The van der Waals surface area contributed by atoms with Gasteiger partial charge in [0.05, 0.1) is 26.7 Å². The fourth-order valence-corrected chi connectivity index (χ4v) is 3.34. The van der Waals surface area contributed by atoms with E-state index in [1.807, 2.05) is 0 Å². The van der Waals surface area contributed by atoms with E-state index in [2.05, 4.69) is 18.0 Å². The zero-order chi connectivity index (χ0) is 23.6. The molecular weight excluding hydrogens is 418 g/mol. The standard InChI is InChI=1S/C22H47NO2.CH4O4S/c1-3-5-6-7-8-9-10-11-12-16-21-25-22-17-14-19-23(4-2)18-13-15-20-24;1-5-6(2,3)4/h24H,3-22H2,1-2H3;1H3,(H,2,3,4). The second kappa shape index (κ2) is 26.0. The first-order valence-corrected chi connectivity index (χ1v) is 13.8. The summed E-state index contributed by atoms with van der Waals surface area (Å²) in [7, 11) is -3.60. The van der Waals surface area contributed by atoms with Crippen molar-refractivity contribution in [3.8, 4) is 0 Å². The van der Waals surface area contributed by atoms with Gasteiger partial charge in [-0.25, -0.2) is 8.42 Å². The van der Waals surface area contributed by atoms with Gasteiger partial charge in [0.2, 0.25) is 10.4 Å². The van der Waals surface area contributed by atoms with Crippen molar-refractivity contribution in [1.29, 1.82) is 0 Å². The minimum atomic E-state index is -4.41. The van der Waals surface area contributed by atoms with Crippen LogP contribution in [0.3, 0.4) is 0 Å². The summed E-state index contributed by atoms with van der Waals surface area (Å²) in [5.74, 6) is 0. The van der Waals surface area contributed by atoms with E-state index in [1.165, 1.54) is 96.7 Å². The Balaban J connectivity index is 0. The van der Waals surface area contributed by atoms with Crippen molar-refractivity contribution in [3.05, 3.63) is 0 Å². The molecule has 0 fully saturated rings. The normalized spacial score (nSPS) is 12.4. The molecule has 0 amide bonds. The lowest BCUT2D eigenvalue weighted by atomic mass is 10.1. The summed E-state index contributed by atoms with van der Waals surface area (Å²) < 4.78 is 36.8. The van der Waals surface area contributed by atoms with Crippen LogP contribution in [0.5, 0.6) is 0 Å². The third-order valence-electron chi connectivity index (χ3n) is 5.35. The molecule has 0 radical (unpaired) electrons. The number of unbranched alkanes of at least 4 members (excludes halogenated alkanes) is 11. The Labute approximate surface area is 192 Å². The van der Waals surface area contributed by atoms with E-state index >= 15 is 0 Å². The molecule has 0 aliphatic heterocycles. The first-order chi connectivity index (χ1) is 14.9. The quantitative estimate of drug-likeness (QED) is 0.143. The monoisotopic (exact) mass is 469 g/mol. The van der Waals surface area contributed by atoms with E-state index in [9.17, 15) is 13.0 Å². The lowest BCUT2D eigenvalue weighted by Gasteiger charge is -2.17. The SMILES string of the molecule is CCCCCCCCCCCCOCCCC[NH+](CC)CCCCO.COS(=O)(=O)[O-]. The maximum atomic E-state index is 9.22. The molecule has 0 saturated carbocycles. The zero-order valence-electron chi connectivity index (χ0n) is 20.5. The van der Waals surface area contributed by atoms with E-state index in [0.717, 1.165) is 33.2 Å². The minimum Gasteiger partial charge on any atom is -0.726 e. The topological polar surface area (TPSA) is 100 Å². The van der Waals surface area contributed by atoms with Gasteiger partial charge in [-0.05, 0) is 39.0 Å². The van der Waals surface area contributed by atoms with Crippen LogP contribution in [0.4, 0.5) is 0 Å². The molecule has 0 spiro atoms. The minimum absolute atomic E-state index is 0.337. The van der Waals surface area contributed by atoms with Crippen molar-refractivity contribution in [2.75, 3.05) is 46.6 Å². The van der Waals surface area contributed by atoms with Gasteiger partial charge in [0.15, 0.2) is 0 Å². The highest BCUT2D eigenvalue weighted by Crippen LogP contribution is 2.10. The molecule has 1 unspecified atom stereocenters. The van der Waals surface area contributed by atoms with Crippen molar-refractivity contribution in [1.82, 2.24) is 0 Å². The Kier molecular flexibility index (Phi) is 27.6. The Morgan fingerprint density at radius 1 is 0.742 bits per heavy atom. The molecule has 0 aliphatic rings. The van der Waals surface area contributed by atoms with E-state index < -0.39 is 10.4 Å². The first-order valence-electron chi connectivity index (χ1n) is 12.4. The van der Waals surface area contributed by atoms with Crippen molar-refractivity contribution in [3.63, 3.8) is 0 Å². The largest absolute Gasteiger partial charge is 0.726 e. The molecule has 0 aromatic carbocycles. The summed E-state index contributed by atoms with van der Waals surface area (Å²) >= 11 is 0. The van der Waals surface area contributed by atoms with Gasteiger partial charge < -0.3 is 19.3 Å². The second-order valence-electron chi connectivity index (χ2n) is 8.11. The van der Waals surface area contributed by atoms with Crippen LogP contribution in [0, 0.1) is 0 Å². The summed E-state index contributed by atoms with van der Waals surface area (Å²) in [6, 6.07) is 0. The van der Waals surface area contributed by atoms with Crippen LogP contribution < -0.4 is 4.90 Å². The van der Waals surface area contributed by atoms with E-state index in [1.54, 1.807) is 4.90 Å². The summed E-state index contributed by atoms with van der Waals surface area (Å²) in [6.45, 7) is 10.4. The lowest BCUT2D eigenvalue weighted by Crippen LogP contribution is -3.11. The van der Waals surface area contributed by atoms with Crippen LogP contribution in [0.1, 0.15) is 104 Å². The number of aliphatic hydroxyl groups excluding tert-OH is 1. The number of nitrogens with one attached hydrogen (secondary N) is 1. The average molecular weight is 470 g/mol. The highest BCUT2D eigenvalue weighted by molar-refractivity contribution is 7.80. The highest BCUT2D eigenvalue weighted by atomic mass is 32.3. The van der Waals surface area contributed by atoms with Crippen molar-refractivity contribution >= 4 is 10.4 Å². The lowest BCUT2D eigenvalue weighted by molar-refractivity contribution is -0.898. The van der Waals surface area contributed by atoms with E-state index in [4.69, 9.17) is 9.84 Å².